The Kier molecular flexibility index (Phi) is 7.53. The number of hydrogen-bond acceptors (Lipinski definition) is 3. The molecule has 2 aromatic rings. The quantitative estimate of drug-likeness (QED) is 0.676. The van der Waals surface area contributed by atoms with E-state index in [9.17, 15) is 14.0 Å². The predicted octanol–water partition coefficient (Wildman–Crippen LogP) is 4.34. The second-order valence-electron chi connectivity index (χ2n) is 7.91. The van der Waals surface area contributed by atoms with Gasteiger partial charge in [-0.1, -0.05) is 36.4 Å². The number of Topliss-reactive ketones (excluding diaryl/α,β-unsaturated/α-hetero) is 1. The summed E-state index contributed by atoms with van der Waals surface area (Å²) in [7, 11) is 0. The Bertz CT molecular complexity index is 852. The first-order valence-corrected chi connectivity index (χ1v) is 10.3. The van der Waals surface area contributed by atoms with Gasteiger partial charge in [0.1, 0.15) is 5.82 Å². The van der Waals surface area contributed by atoms with Crippen LogP contribution in [0.25, 0.3) is 0 Å². The third-order valence-electron chi connectivity index (χ3n) is 5.56. The lowest BCUT2D eigenvalue weighted by Gasteiger charge is -2.32. The van der Waals surface area contributed by atoms with Gasteiger partial charge in [-0.25, -0.2) is 4.39 Å². The van der Waals surface area contributed by atoms with Crippen molar-refractivity contribution in [2.75, 3.05) is 13.1 Å². The molecule has 3 rings (SSSR count). The minimum Gasteiger partial charge on any atom is -0.352 e. The van der Waals surface area contributed by atoms with E-state index in [1.807, 2.05) is 18.2 Å². The minimum atomic E-state index is -0.287. The highest BCUT2D eigenvalue weighted by molar-refractivity contribution is 5.94. The van der Waals surface area contributed by atoms with Crippen molar-refractivity contribution in [1.29, 1.82) is 0 Å². The highest BCUT2D eigenvalue weighted by atomic mass is 19.1. The number of likely N-dealkylation sites (tertiary alicyclic amines) is 1. The summed E-state index contributed by atoms with van der Waals surface area (Å²) in [6, 6.07) is 14.3. The SMILES string of the molecule is CC(=O)c1cccc(CN2CCC[C@@H](CCC(=O)NCc3ccccc3F)C2)c1. The number of hydrogen-bond donors (Lipinski definition) is 1. The van der Waals surface area contributed by atoms with E-state index in [-0.39, 0.29) is 24.1 Å². The van der Waals surface area contributed by atoms with Gasteiger partial charge in [-0.2, -0.15) is 0 Å². The number of halogens is 1. The van der Waals surface area contributed by atoms with Crippen molar-refractivity contribution in [1.82, 2.24) is 10.2 Å². The van der Waals surface area contributed by atoms with Crippen molar-refractivity contribution < 1.29 is 14.0 Å². The molecule has 2 aromatic carbocycles. The average Bonchev–Trinajstić information content (AvgIpc) is 2.72. The van der Waals surface area contributed by atoms with Crippen LogP contribution in [0.5, 0.6) is 0 Å². The van der Waals surface area contributed by atoms with Crippen molar-refractivity contribution >= 4 is 11.7 Å². The van der Waals surface area contributed by atoms with Crippen LogP contribution in [0.15, 0.2) is 48.5 Å². The van der Waals surface area contributed by atoms with Gasteiger partial charge < -0.3 is 5.32 Å². The van der Waals surface area contributed by atoms with Gasteiger partial charge in [0.25, 0.3) is 0 Å². The van der Waals surface area contributed by atoms with Crippen molar-refractivity contribution in [2.45, 2.75) is 45.7 Å². The fraction of sp³-hybridized carbons (Fsp3) is 0.417. The van der Waals surface area contributed by atoms with Crippen LogP contribution in [0.3, 0.4) is 0 Å². The van der Waals surface area contributed by atoms with Gasteiger partial charge in [-0.15, -0.1) is 0 Å². The first kappa shape index (κ1) is 21.2. The lowest BCUT2D eigenvalue weighted by atomic mass is 9.93. The highest BCUT2D eigenvalue weighted by Crippen LogP contribution is 2.23. The molecule has 1 atom stereocenters. The van der Waals surface area contributed by atoms with Crippen LogP contribution in [0.4, 0.5) is 4.39 Å². The number of carbonyl (C=O) groups excluding carboxylic acids is 2. The van der Waals surface area contributed by atoms with Crippen molar-refractivity contribution in [3.63, 3.8) is 0 Å². The molecule has 0 spiro atoms. The van der Waals surface area contributed by atoms with Gasteiger partial charge in [0.05, 0.1) is 0 Å². The highest BCUT2D eigenvalue weighted by Gasteiger charge is 2.21. The Balaban J connectivity index is 1.43. The molecule has 154 valence electrons. The number of carbonyl (C=O) groups is 2. The summed E-state index contributed by atoms with van der Waals surface area (Å²) >= 11 is 0. The van der Waals surface area contributed by atoms with Crippen molar-refractivity contribution in [2.24, 2.45) is 5.92 Å². The largest absolute Gasteiger partial charge is 0.352 e. The van der Waals surface area contributed by atoms with Crippen LogP contribution in [0, 0.1) is 11.7 Å². The van der Waals surface area contributed by atoms with Gasteiger partial charge in [0.15, 0.2) is 5.78 Å². The summed E-state index contributed by atoms with van der Waals surface area (Å²) in [6.07, 6.45) is 3.55. The number of amides is 1. The Morgan fingerprint density at radius 2 is 2.00 bits per heavy atom. The fourth-order valence-corrected chi connectivity index (χ4v) is 3.94. The molecular weight excluding hydrogens is 367 g/mol. The number of nitrogens with zero attached hydrogens (tertiary/aromatic N) is 1. The van der Waals surface area contributed by atoms with Gasteiger partial charge in [-0.05, 0) is 56.3 Å². The zero-order valence-electron chi connectivity index (χ0n) is 17.0. The summed E-state index contributed by atoms with van der Waals surface area (Å²) in [5.41, 5.74) is 2.42. The van der Waals surface area contributed by atoms with Gasteiger partial charge >= 0.3 is 0 Å². The monoisotopic (exact) mass is 396 g/mol. The molecule has 1 aliphatic heterocycles. The Morgan fingerprint density at radius 1 is 1.17 bits per heavy atom. The molecule has 1 N–H and O–H groups in total. The molecular formula is C24H29FN2O2. The molecule has 29 heavy (non-hydrogen) atoms. The average molecular weight is 397 g/mol. The molecule has 0 unspecified atom stereocenters. The zero-order valence-corrected chi connectivity index (χ0v) is 17.0. The van der Waals surface area contributed by atoms with E-state index >= 15 is 0 Å². The third kappa shape index (κ3) is 6.50. The molecule has 0 aromatic heterocycles. The number of ketones is 1. The van der Waals surface area contributed by atoms with Gasteiger partial charge in [-0.3, -0.25) is 14.5 Å². The van der Waals surface area contributed by atoms with E-state index in [1.165, 1.54) is 6.07 Å². The standard InChI is InChI=1S/C24H29FN2O2/c1-18(28)21-9-4-6-20(14-21)17-27-13-5-7-19(16-27)11-12-24(29)26-15-22-8-2-3-10-23(22)25/h2-4,6,8-10,14,19H,5,7,11-13,15-17H2,1H3,(H,26,29)/t19-/m0/s1. The van der Waals surface area contributed by atoms with Gasteiger partial charge in [0.2, 0.25) is 5.91 Å². The minimum absolute atomic E-state index is 0.0282. The van der Waals surface area contributed by atoms with Crippen LogP contribution in [0.2, 0.25) is 0 Å². The summed E-state index contributed by atoms with van der Waals surface area (Å²) < 4.78 is 13.6. The lowest BCUT2D eigenvalue weighted by Crippen LogP contribution is -2.35. The molecule has 1 saturated heterocycles. The van der Waals surface area contributed by atoms with Crippen LogP contribution >= 0.6 is 0 Å². The van der Waals surface area contributed by atoms with E-state index in [0.29, 0.717) is 17.9 Å². The summed E-state index contributed by atoms with van der Waals surface area (Å²) in [6.45, 7) is 4.66. The molecule has 5 heteroatoms. The van der Waals surface area contributed by atoms with Crippen molar-refractivity contribution in [3.8, 4) is 0 Å². The van der Waals surface area contributed by atoms with E-state index in [0.717, 1.165) is 50.0 Å². The Morgan fingerprint density at radius 3 is 2.79 bits per heavy atom. The van der Waals surface area contributed by atoms with Crippen LogP contribution in [-0.2, 0) is 17.9 Å². The number of piperidine rings is 1. The summed E-state index contributed by atoms with van der Waals surface area (Å²) in [5.74, 6) is 0.257. The normalized spacial score (nSPS) is 17.1. The molecule has 0 aliphatic carbocycles. The molecule has 1 fully saturated rings. The molecule has 1 amide bonds. The second-order valence-corrected chi connectivity index (χ2v) is 7.91. The second kappa shape index (κ2) is 10.3. The fourth-order valence-electron chi connectivity index (χ4n) is 3.94. The lowest BCUT2D eigenvalue weighted by molar-refractivity contribution is -0.121. The molecule has 4 nitrogen and oxygen atoms in total. The molecule has 0 radical (unpaired) electrons. The van der Waals surface area contributed by atoms with Gasteiger partial charge in [0, 0.05) is 37.2 Å². The maximum Gasteiger partial charge on any atom is 0.220 e. The number of nitrogens with one attached hydrogen (secondary N) is 1. The molecule has 0 bridgehead atoms. The van der Waals surface area contributed by atoms with Crippen LogP contribution in [-0.4, -0.2) is 29.7 Å². The first-order chi connectivity index (χ1) is 14.0. The van der Waals surface area contributed by atoms with Crippen molar-refractivity contribution in [3.05, 3.63) is 71.0 Å². The maximum atomic E-state index is 13.6. The third-order valence-corrected chi connectivity index (χ3v) is 5.56. The molecule has 1 aliphatic rings. The molecule has 1 heterocycles. The Labute approximate surface area is 172 Å². The summed E-state index contributed by atoms with van der Waals surface area (Å²) in [4.78, 5) is 26.2. The zero-order chi connectivity index (χ0) is 20.6. The smallest absolute Gasteiger partial charge is 0.220 e. The number of rotatable bonds is 8. The number of benzene rings is 2. The van der Waals surface area contributed by atoms with E-state index < -0.39 is 0 Å². The van der Waals surface area contributed by atoms with E-state index in [2.05, 4.69) is 16.3 Å². The van der Waals surface area contributed by atoms with Crippen LogP contribution in [0.1, 0.15) is 54.1 Å². The predicted molar refractivity (Wildman–Crippen MR) is 112 cm³/mol. The Hall–Kier alpha value is -2.53. The van der Waals surface area contributed by atoms with E-state index in [1.54, 1.807) is 25.1 Å². The maximum absolute atomic E-state index is 13.6. The first-order valence-electron chi connectivity index (χ1n) is 10.3. The van der Waals surface area contributed by atoms with Crippen LogP contribution < -0.4 is 5.32 Å². The topological polar surface area (TPSA) is 49.4 Å². The molecule has 0 saturated carbocycles. The van der Waals surface area contributed by atoms with E-state index in [4.69, 9.17) is 0 Å². The summed E-state index contributed by atoms with van der Waals surface area (Å²) in [5, 5.41) is 2.82.